The lowest BCUT2D eigenvalue weighted by molar-refractivity contribution is 0.413. The summed E-state index contributed by atoms with van der Waals surface area (Å²) in [5, 5.41) is 0. The van der Waals surface area contributed by atoms with Gasteiger partial charge in [0.05, 0.1) is 13.3 Å². The molecule has 0 spiro atoms. The standard InChI is InChI=1S/C13H12FNO/c1-9-5-11(14)3-4-13(9)10-6-12(16-2)8-15-7-10/h3-8H,1-2H3. The van der Waals surface area contributed by atoms with Crippen LogP contribution in [0.1, 0.15) is 5.56 Å². The molecule has 1 aromatic heterocycles. The van der Waals surface area contributed by atoms with Crippen molar-refractivity contribution in [2.75, 3.05) is 7.11 Å². The van der Waals surface area contributed by atoms with Crippen LogP contribution in [0.5, 0.6) is 5.75 Å². The monoisotopic (exact) mass is 217 g/mol. The summed E-state index contributed by atoms with van der Waals surface area (Å²) in [4.78, 5) is 4.08. The fourth-order valence-corrected chi connectivity index (χ4v) is 1.63. The number of pyridine rings is 1. The number of hydrogen-bond acceptors (Lipinski definition) is 2. The lowest BCUT2D eigenvalue weighted by Gasteiger charge is -2.07. The van der Waals surface area contributed by atoms with Crippen molar-refractivity contribution in [3.05, 3.63) is 48.0 Å². The fourth-order valence-electron chi connectivity index (χ4n) is 1.63. The molecule has 0 amide bonds. The smallest absolute Gasteiger partial charge is 0.137 e. The first-order valence-electron chi connectivity index (χ1n) is 4.96. The summed E-state index contributed by atoms with van der Waals surface area (Å²) in [6.45, 7) is 1.87. The van der Waals surface area contributed by atoms with E-state index in [1.165, 1.54) is 12.1 Å². The first-order valence-corrected chi connectivity index (χ1v) is 4.96. The number of halogens is 1. The number of aryl methyl sites for hydroxylation is 1. The number of aromatic nitrogens is 1. The van der Waals surface area contributed by atoms with Gasteiger partial charge in [-0.05, 0) is 36.2 Å². The molecule has 3 heteroatoms. The van der Waals surface area contributed by atoms with E-state index in [2.05, 4.69) is 4.98 Å². The molecule has 1 heterocycles. The second kappa shape index (κ2) is 4.31. The van der Waals surface area contributed by atoms with Crippen molar-refractivity contribution in [1.82, 2.24) is 4.98 Å². The molecular weight excluding hydrogens is 205 g/mol. The molecule has 82 valence electrons. The lowest BCUT2D eigenvalue weighted by Crippen LogP contribution is -1.89. The van der Waals surface area contributed by atoms with Gasteiger partial charge in [-0.25, -0.2) is 4.39 Å². The first-order chi connectivity index (χ1) is 7.70. The van der Waals surface area contributed by atoms with E-state index in [0.717, 1.165) is 16.7 Å². The van der Waals surface area contributed by atoms with Crippen molar-refractivity contribution in [3.8, 4) is 16.9 Å². The van der Waals surface area contributed by atoms with Crippen LogP contribution in [0.3, 0.4) is 0 Å². The molecule has 2 nitrogen and oxygen atoms in total. The number of hydrogen-bond donors (Lipinski definition) is 0. The maximum Gasteiger partial charge on any atom is 0.137 e. The maximum atomic E-state index is 13.0. The van der Waals surface area contributed by atoms with Crippen LogP contribution in [0, 0.1) is 12.7 Å². The fraction of sp³-hybridized carbons (Fsp3) is 0.154. The van der Waals surface area contributed by atoms with Crippen LogP contribution in [0.4, 0.5) is 4.39 Å². The predicted octanol–water partition coefficient (Wildman–Crippen LogP) is 3.20. The Balaban J connectivity index is 2.49. The number of nitrogens with zero attached hydrogens (tertiary/aromatic N) is 1. The van der Waals surface area contributed by atoms with Gasteiger partial charge in [0.15, 0.2) is 0 Å². The van der Waals surface area contributed by atoms with E-state index in [4.69, 9.17) is 4.74 Å². The minimum Gasteiger partial charge on any atom is -0.495 e. The highest BCUT2D eigenvalue weighted by Gasteiger charge is 2.04. The average Bonchev–Trinajstić information content (AvgIpc) is 2.29. The van der Waals surface area contributed by atoms with Gasteiger partial charge in [-0.1, -0.05) is 6.07 Å². The van der Waals surface area contributed by atoms with Gasteiger partial charge in [0.1, 0.15) is 11.6 Å². The lowest BCUT2D eigenvalue weighted by atomic mass is 10.0. The van der Waals surface area contributed by atoms with Crippen molar-refractivity contribution >= 4 is 0 Å². The van der Waals surface area contributed by atoms with Crippen molar-refractivity contribution in [3.63, 3.8) is 0 Å². The molecule has 16 heavy (non-hydrogen) atoms. The third-order valence-electron chi connectivity index (χ3n) is 2.45. The Morgan fingerprint density at radius 1 is 1.19 bits per heavy atom. The maximum absolute atomic E-state index is 13.0. The van der Waals surface area contributed by atoms with E-state index < -0.39 is 0 Å². The zero-order chi connectivity index (χ0) is 11.5. The highest BCUT2D eigenvalue weighted by atomic mass is 19.1. The third-order valence-corrected chi connectivity index (χ3v) is 2.45. The van der Waals surface area contributed by atoms with Gasteiger partial charge in [0, 0.05) is 11.8 Å². The average molecular weight is 217 g/mol. The number of methoxy groups -OCH3 is 1. The molecule has 0 unspecified atom stereocenters. The molecule has 0 N–H and O–H groups in total. The minimum absolute atomic E-state index is 0.225. The minimum atomic E-state index is -0.225. The summed E-state index contributed by atoms with van der Waals surface area (Å²) in [6.07, 6.45) is 3.38. The molecule has 2 rings (SSSR count). The molecule has 0 fully saturated rings. The van der Waals surface area contributed by atoms with Crippen LogP contribution < -0.4 is 4.74 Å². The van der Waals surface area contributed by atoms with E-state index >= 15 is 0 Å². The second-order valence-corrected chi connectivity index (χ2v) is 3.57. The highest BCUT2D eigenvalue weighted by molar-refractivity contribution is 5.67. The van der Waals surface area contributed by atoms with Gasteiger partial charge in [-0.2, -0.15) is 0 Å². The highest BCUT2D eigenvalue weighted by Crippen LogP contribution is 2.25. The number of rotatable bonds is 2. The topological polar surface area (TPSA) is 22.1 Å². The Morgan fingerprint density at radius 2 is 2.00 bits per heavy atom. The van der Waals surface area contributed by atoms with Crippen LogP contribution in [-0.4, -0.2) is 12.1 Å². The zero-order valence-electron chi connectivity index (χ0n) is 9.20. The molecule has 0 bridgehead atoms. The molecule has 0 radical (unpaired) electrons. The molecule has 0 saturated heterocycles. The SMILES string of the molecule is COc1cncc(-c2ccc(F)cc2C)c1. The van der Waals surface area contributed by atoms with Gasteiger partial charge in [-0.3, -0.25) is 4.98 Å². The largest absolute Gasteiger partial charge is 0.495 e. The predicted molar refractivity (Wildman–Crippen MR) is 60.9 cm³/mol. The Hall–Kier alpha value is -1.90. The molecule has 0 saturated carbocycles. The van der Waals surface area contributed by atoms with Gasteiger partial charge in [0.25, 0.3) is 0 Å². The van der Waals surface area contributed by atoms with Gasteiger partial charge < -0.3 is 4.74 Å². The van der Waals surface area contributed by atoms with Gasteiger partial charge >= 0.3 is 0 Å². The molecule has 1 aromatic carbocycles. The molecule has 0 aliphatic rings. The van der Waals surface area contributed by atoms with Crippen molar-refractivity contribution in [2.24, 2.45) is 0 Å². The van der Waals surface area contributed by atoms with Gasteiger partial charge in [-0.15, -0.1) is 0 Å². The molecule has 2 aromatic rings. The summed E-state index contributed by atoms with van der Waals surface area (Å²) in [7, 11) is 1.60. The third kappa shape index (κ3) is 2.03. The van der Waals surface area contributed by atoms with Crippen LogP contribution in [0.15, 0.2) is 36.7 Å². The van der Waals surface area contributed by atoms with E-state index in [1.54, 1.807) is 25.6 Å². The van der Waals surface area contributed by atoms with Crippen LogP contribution in [-0.2, 0) is 0 Å². The first kappa shape index (κ1) is 10.6. The van der Waals surface area contributed by atoms with Crippen LogP contribution in [0.25, 0.3) is 11.1 Å². The Labute approximate surface area is 93.7 Å². The summed E-state index contributed by atoms with van der Waals surface area (Å²) in [5.41, 5.74) is 2.78. The second-order valence-electron chi connectivity index (χ2n) is 3.57. The van der Waals surface area contributed by atoms with Crippen LogP contribution >= 0.6 is 0 Å². The van der Waals surface area contributed by atoms with E-state index in [0.29, 0.717) is 5.75 Å². The van der Waals surface area contributed by atoms with Crippen LogP contribution in [0.2, 0.25) is 0 Å². The van der Waals surface area contributed by atoms with Crippen molar-refractivity contribution in [2.45, 2.75) is 6.92 Å². The zero-order valence-corrected chi connectivity index (χ0v) is 9.20. The Bertz CT molecular complexity index is 511. The molecular formula is C13H12FNO. The summed E-state index contributed by atoms with van der Waals surface area (Å²) >= 11 is 0. The summed E-state index contributed by atoms with van der Waals surface area (Å²) in [5.74, 6) is 0.471. The number of ether oxygens (including phenoxy) is 1. The van der Waals surface area contributed by atoms with Crippen molar-refractivity contribution in [1.29, 1.82) is 0 Å². The number of benzene rings is 1. The quantitative estimate of drug-likeness (QED) is 0.770. The molecule has 0 aliphatic carbocycles. The van der Waals surface area contributed by atoms with Gasteiger partial charge in [0.2, 0.25) is 0 Å². The molecule has 0 atom stereocenters. The summed E-state index contributed by atoms with van der Waals surface area (Å²) in [6, 6.07) is 6.59. The summed E-state index contributed by atoms with van der Waals surface area (Å²) < 4.78 is 18.1. The van der Waals surface area contributed by atoms with Crippen molar-refractivity contribution < 1.29 is 9.13 Å². The van der Waals surface area contributed by atoms with E-state index in [9.17, 15) is 4.39 Å². The molecule has 0 aliphatic heterocycles. The van der Waals surface area contributed by atoms with E-state index in [1.807, 2.05) is 13.0 Å². The van der Waals surface area contributed by atoms with E-state index in [-0.39, 0.29) is 5.82 Å². The Morgan fingerprint density at radius 3 is 2.69 bits per heavy atom. The Kier molecular flexibility index (Phi) is 2.86. The normalized spacial score (nSPS) is 10.2.